The van der Waals surface area contributed by atoms with Crippen LogP contribution in [0.2, 0.25) is 0 Å². The zero-order valence-electron chi connectivity index (χ0n) is 10.5. The van der Waals surface area contributed by atoms with Crippen LogP contribution < -0.4 is 5.32 Å². The van der Waals surface area contributed by atoms with Crippen molar-refractivity contribution in [1.82, 2.24) is 0 Å². The van der Waals surface area contributed by atoms with Crippen LogP contribution in [0, 0.1) is 10.1 Å². The first-order valence-electron chi connectivity index (χ1n) is 5.88. The van der Waals surface area contributed by atoms with E-state index in [0.29, 0.717) is 0 Å². The predicted molar refractivity (Wildman–Crippen MR) is 73.3 cm³/mol. The third-order valence-electron chi connectivity index (χ3n) is 2.55. The minimum atomic E-state index is -0.733. The first-order valence-corrected chi connectivity index (χ1v) is 5.88. The summed E-state index contributed by atoms with van der Waals surface area (Å²) in [4.78, 5) is 21.8. The Balaban J connectivity index is 1.97. The highest BCUT2D eigenvalue weighted by Gasteiger charge is 2.15. The molecule has 0 aliphatic heterocycles. The standard InChI is InChI=1S/C14H12N2O4/c17-14(20-10-11-6-2-1-3-7-11)15-12-8-4-5-9-13(12)16(18)19/h1-9H,10H2,(H,15,17). The molecule has 0 radical (unpaired) electrons. The van der Waals surface area contributed by atoms with E-state index in [0.717, 1.165) is 5.56 Å². The minimum Gasteiger partial charge on any atom is -0.444 e. The molecule has 0 atom stereocenters. The fourth-order valence-electron chi connectivity index (χ4n) is 1.61. The van der Waals surface area contributed by atoms with Gasteiger partial charge in [0.2, 0.25) is 0 Å². The fraction of sp³-hybridized carbons (Fsp3) is 0.0714. The molecule has 0 unspecified atom stereocenters. The van der Waals surface area contributed by atoms with E-state index >= 15 is 0 Å². The third-order valence-corrected chi connectivity index (χ3v) is 2.55. The zero-order valence-corrected chi connectivity index (χ0v) is 10.5. The molecular weight excluding hydrogens is 260 g/mol. The zero-order chi connectivity index (χ0) is 14.4. The molecule has 0 aliphatic carbocycles. The number of hydrogen-bond donors (Lipinski definition) is 1. The monoisotopic (exact) mass is 272 g/mol. The van der Waals surface area contributed by atoms with Crippen LogP contribution in [-0.4, -0.2) is 11.0 Å². The van der Waals surface area contributed by atoms with Gasteiger partial charge in [-0.05, 0) is 11.6 Å². The van der Waals surface area contributed by atoms with Gasteiger partial charge in [0, 0.05) is 6.07 Å². The number of rotatable bonds is 4. The number of nitrogens with zero attached hydrogens (tertiary/aromatic N) is 1. The van der Waals surface area contributed by atoms with Crippen molar-refractivity contribution in [3.8, 4) is 0 Å². The smallest absolute Gasteiger partial charge is 0.412 e. The third kappa shape index (κ3) is 3.55. The van der Waals surface area contributed by atoms with Gasteiger partial charge in [0.1, 0.15) is 12.3 Å². The van der Waals surface area contributed by atoms with Crippen molar-refractivity contribution in [1.29, 1.82) is 0 Å². The molecule has 0 aliphatic rings. The molecule has 6 nitrogen and oxygen atoms in total. The second kappa shape index (κ2) is 6.33. The summed E-state index contributed by atoms with van der Waals surface area (Å²) in [6.45, 7) is 0.104. The predicted octanol–water partition coefficient (Wildman–Crippen LogP) is 3.34. The SMILES string of the molecule is O=C(Nc1ccccc1[N+](=O)[O-])OCc1ccccc1. The Bertz CT molecular complexity index is 614. The number of benzene rings is 2. The van der Waals surface area contributed by atoms with E-state index in [1.165, 1.54) is 18.2 Å². The Morgan fingerprint density at radius 2 is 1.75 bits per heavy atom. The number of anilines is 1. The summed E-state index contributed by atoms with van der Waals surface area (Å²) < 4.78 is 4.99. The van der Waals surface area contributed by atoms with Crippen molar-refractivity contribution >= 4 is 17.5 Å². The molecule has 20 heavy (non-hydrogen) atoms. The molecule has 0 saturated heterocycles. The van der Waals surface area contributed by atoms with Gasteiger partial charge in [-0.25, -0.2) is 4.79 Å². The number of nitro benzene ring substituents is 1. The van der Waals surface area contributed by atoms with Crippen LogP contribution in [0.15, 0.2) is 54.6 Å². The first kappa shape index (κ1) is 13.5. The summed E-state index contributed by atoms with van der Waals surface area (Å²) in [5, 5.41) is 13.2. The van der Waals surface area contributed by atoms with Crippen LogP contribution in [0.3, 0.4) is 0 Å². The maximum atomic E-state index is 11.6. The fourth-order valence-corrected chi connectivity index (χ4v) is 1.61. The lowest BCUT2D eigenvalue weighted by Crippen LogP contribution is -2.14. The highest BCUT2D eigenvalue weighted by Crippen LogP contribution is 2.23. The minimum absolute atomic E-state index is 0.104. The summed E-state index contributed by atoms with van der Waals surface area (Å²) in [5.41, 5.74) is 0.768. The van der Waals surface area contributed by atoms with Crippen LogP contribution >= 0.6 is 0 Å². The normalized spacial score (nSPS) is 9.80. The number of amides is 1. The van der Waals surface area contributed by atoms with Gasteiger partial charge < -0.3 is 4.74 Å². The van der Waals surface area contributed by atoms with Crippen LogP contribution in [0.5, 0.6) is 0 Å². The maximum absolute atomic E-state index is 11.6. The lowest BCUT2D eigenvalue weighted by molar-refractivity contribution is -0.383. The molecule has 2 aromatic rings. The van der Waals surface area contributed by atoms with E-state index in [2.05, 4.69) is 5.32 Å². The quantitative estimate of drug-likeness (QED) is 0.683. The summed E-state index contributed by atoms with van der Waals surface area (Å²) in [6, 6.07) is 15.0. The number of ether oxygens (including phenoxy) is 1. The van der Waals surface area contributed by atoms with E-state index in [-0.39, 0.29) is 18.0 Å². The number of nitro groups is 1. The molecule has 0 fully saturated rings. The van der Waals surface area contributed by atoms with Crippen LogP contribution in [0.1, 0.15) is 5.56 Å². The Morgan fingerprint density at radius 1 is 1.10 bits per heavy atom. The van der Waals surface area contributed by atoms with Gasteiger partial charge in [0.25, 0.3) is 5.69 Å². The Hall–Kier alpha value is -2.89. The molecule has 0 heterocycles. The van der Waals surface area contributed by atoms with Crippen molar-refractivity contribution in [2.45, 2.75) is 6.61 Å². The number of carbonyl (C=O) groups is 1. The average Bonchev–Trinajstić information content (AvgIpc) is 2.46. The van der Waals surface area contributed by atoms with Gasteiger partial charge in [-0.1, -0.05) is 42.5 Å². The van der Waals surface area contributed by atoms with E-state index in [4.69, 9.17) is 4.74 Å². The summed E-state index contributed by atoms with van der Waals surface area (Å²) in [6.07, 6.45) is -0.733. The highest BCUT2D eigenvalue weighted by molar-refractivity contribution is 5.87. The van der Waals surface area contributed by atoms with E-state index in [9.17, 15) is 14.9 Å². The Kier molecular flexibility index (Phi) is 4.28. The molecule has 0 bridgehead atoms. The van der Waals surface area contributed by atoms with Crippen LogP contribution in [0.4, 0.5) is 16.2 Å². The number of carbonyl (C=O) groups excluding carboxylic acids is 1. The van der Waals surface area contributed by atoms with Crippen molar-refractivity contribution in [3.63, 3.8) is 0 Å². The molecule has 102 valence electrons. The number of nitrogens with one attached hydrogen (secondary N) is 1. The topological polar surface area (TPSA) is 81.5 Å². The maximum Gasteiger partial charge on any atom is 0.412 e. The molecule has 6 heteroatoms. The largest absolute Gasteiger partial charge is 0.444 e. The second-order valence-electron chi connectivity index (χ2n) is 3.96. The summed E-state index contributed by atoms with van der Waals surface area (Å²) >= 11 is 0. The van der Waals surface area contributed by atoms with E-state index in [1.54, 1.807) is 6.07 Å². The second-order valence-corrected chi connectivity index (χ2v) is 3.96. The Morgan fingerprint density at radius 3 is 2.45 bits per heavy atom. The van der Waals surface area contributed by atoms with Gasteiger partial charge in [-0.3, -0.25) is 15.4 Å². The van der Waals surface area contributed by atoms with Gasteiger partial charge in [0.05, 0.1) is 4.92 Å². The lowest BCUT2D eigenvalue weighted by atomic mass is 10.2. The number of para-hydroxylation sites is 2. The Labute approximate surface area is 115 Å². The van der Waals surface area contributed by atoms with E-state index in [1.807, 2.05) is 30.3 Å². The van der Waals surface area contributed by atoms with Crippen molar-refractivity contribution in [3.05, 3.63) is 70.3 Å². The van der Waals surface area contributed by atoms with Crippen molar-refractivity contribution in [2.75, 3.05) is 5.32 Å². The van der Waals surface area contributed by atoms with Crippen molar-refractivity contribution < 1.29 is 14.5 Å². The van der Waals surface area contributed by atoms with Gasteiger partial charge in [-0.2, -0.15) is 0 Å². The van der Waals surface area contributed by atoms with Crippen molar-refractivity contribution in [2.24, 2.45) is 0 Å². The molecule has 1 N–H and O–H groups in total. The summed E-state index contributed by atoms with van der Waals surface area (Å²) in [7, 11) is 0. The molecular formula is C14H12N2O4. The van der Waals surface area contributed by atoms with Gasteiger partial charge in [-0.15, -0.1) is 0 Å². The van der Waals surface area contributed by atoms with E-state index < -0.39 is 11.0 Å². The molecule has 2 aromatic carbocycles. The van der Waals surface area contributed by atoms with Crippen LogP contribution in [0.25, 0.3) is 0 Å². The first-order chi connectivity index (χ1) is 9.66. The number of hydrogen-bond acceptors (Lipinski definition) is 4. The van der Waals surface area contributed by atoms with Crippen LogP contribution in [-0.2, 0) is 11.3 Å². The lowest BCUT2D eigenvalue weighted by Gasteiger charge is -2.07. The van der Waals surface area contributed by atoms with Gasteiger partial charge in [0.15, 0.2) is 0 Å². The molecule has 1 amide bonds. The average molecular weight is 272 g/mol. The molecule has 2 rings (SSSR count). The summed E-state index contributed by atoms with van der Waals surface area (Å²) in [5.74, 6) is 0. The highest BCUT2D eigenvalue weighted by atomic mass is 16.6. The molecule has 0 spiro atoms. The van der Waals surface area contributed by atoms with Gasteiger partial charge >= 0.3 is 6.09 Å². The molecule has 0 saturated carbocycles. The molecule has 0 aromatic heterocycles.